The van der Waals surface area contributed by atoms with Gasteiger partial charge in [0.2, 0.25) is 5.91 Å². The first-order valence-corrected chi connectivity index (χ1v) is 3.12. The van der Waals surface area contributed by atoms with Gasteiger partial charge in [-0.3, -0.25) is 4.79 Å². The van der Waals surface area contributed by atoms with Crippen LogP contribution in [0.1, 0.15) is 13.8 Å². The van der Waals surface area contributed by atoms with Crippen LogP contribution in [0.3, 0.4) is 0 Å². The minimum absolute atomic E-state index is 0. The fourth-order valence-corrected chi connectivity index (χ4v) is 0.379. The summed E-state index contributed by atoms with van der Waals surface area (Å²) in [7, 11) is 0. The van der Waals surface area contributed by atoms with Crippen LogP contribution in [0.15, 0.2) is 12.2 Å². The van der Waals surface area contributed by atoms with E-state index in [1.165, 1.54) is 13.8 Å². The van der Waals surface area contributed by atoms with Crippen LogP contribution in [0.4, 0.5) is 0 Å². The maximum absolute atomic E-state index is 10.8. The molecule has 0 fully saturated rings. The number of carbonyl (C=O) groups excluding carboxylic acids is 2. The zero-order valence-electron chi connectivity index (χ0n) is 7.51. The third kappa shape index (κ3) is 5.35. The number of amides is 1. The summed E-state index contributed by atoms with van der Waals surface area (Å²) in [4.78, 5) is 20.9. The third-order valence-electron chi connectivity index (χ3n) is 1.09. The zero-order chi connectivity index (χ0) is 9.02. The van der Waals surface area contributed by atoms with E-state index in [-0.39, 0.29) is 35.1 Å². The Labute approximate surface area is 93.3 Å². The van der Waals surface area contributed by atoms with Crippen LogP contribution in [0.25, 0.3) is 0 Å². The molecular formula is C7H10NNaO3. The Bertz CT molecular complexity index is 203. The molecule has 1 N–H and O–H groups in total. The van der Waals surface area contributed by atoms with Crippen molar-refractivity contribution in [2.45, 2.75) is 19.9 Å². The second kappa shape index (κ2) is 6.22. The average molecular weight is 179 g/mol. The van der Waals surface area contributed by atoms with Crippen LogP contribution < -0.4 is 40.0 Å². The number of carboxylic acids is 1. The van der Waals surface area contributed by atoms with E-state index < -0.39 is 17.9 Å². The first kappa shape index (κ1) is 14.2. The maximum Gasteiger partial charge on any atom is 1.00 e. The van der Waals surface area contributed by atoms with Gasteiger partial charge in [-0.25, -0.2) is 0 Å². The topological polar surface area (TPSA) is 69.2 Å². The molecular weight excluding hydrogens is 169 g/mol. The molecule has 0 unspecified atom stereocenters. The number of hydrogen-bond acceptors (Lipinski definition) is 3. The van der Waals surface area contributed by atoms with E-state index in [9.17, 15) is 14.7 Å². The minimum atomic E-state index is -1.31. The predicted octanol–water partition coefficient (Wildman–Crippen LogP) is -4.18. The number of nitrogens with one attached hydrogen (secondary N) is 1. The van der Waals surface area contributed by atoms with Gasteiger partial charge in [-0.2, -0.15) is 0 Å². The van der Waals surface area contributed by atoms with Gasteiger partial charge in [-0.15, -0.1) is 0 Å². The van der Waals surface area contributed by atoms with Crippen molar-refractivity contribution in [1.29, 1.82) is 0 Å². The SMILES string of the molecule is C=C(C)C(=O)N[C@@H](C)C(=O)[O-].[Na+]. The Morgan fingerprint density at radius 2 is 1.92 bits per heavy atom. The van der Waals surface area contributed by atoms with E-state index in [0.29, 0.717) is 0 Å². The summed E-state index contributed by atoms with van der Waals surface area (Å²) in [5.41, 5.74) is 0.276. The van der Waals surface area contributed by atoms with Gasteiger partial charge in [-0.1, -0.05) is 6.58 Å². The summed E-state index contributed by atoms with van der Waals surface area (Å²) in [5.74, 6) is -1.78. The Morgan fingerprint density at radius 1 is 1.50 bits per heavy atom. The molecule has 0 saturated heterocycles. The van der Waals surface area contributed by atoms with E-state index in [2.05, 4.69) is 11.9 Å². The molecule has 0 aromatic rings. The summed E-state index contributed by atoms with van der Waals surface area (Å²) in [6.45, 7) is 6.17. The van der Waals surface area contributed by atoms with Crippen LogP contribution in [0.2, 0.25) is 0 Å². The third-order valence-corrected chi connectivity index (χ3v) is 1.09. The molecule has 0 saturated carbocycles. The molecule has 0 heterocycles. The van der Waals surface area contributed by atoms with Crippen LogP contribution in [0, 0.1) is 0 Å². The van der Waals surface area contributed by atoms with Gasteiger partial charge in [0.05, 0.1) is 12.0 Å². The molecule has 5 heteroatoms. The van der Waals surface area contributed by atoms with Crippen molar-refractivity contribution in [3.63, 3.8) is 0 Å². The summed E-state index contributed by atoms with van der Waals surface area (Å²) in [5, 5.41) is 12.3. The molecule has 1 atom stereocenters. The Balaban J connectivity index is 0. The van der Waals surface area contributed by atoms with Gasteiger partial charge in [0, 0.05) is 5.57 Å². The fourth-order valence-electron chi connectivity index (χ4n) is 0.379. The van der Waals surface area contributed by atoms with Gasteiger partial charge in [0.1, 0.15) is 0 Å². The first-order valence-electron chi connectivity index (χ1n) is 3.12. The number of rotatable bonds is 3. The van der Waals surface area contributed by atoms with E-state index in [0.717, 1.165) is 0 Å². The number of aliphatic carboxylic acids is 1. The number of hydrogen-bond donors (Lipinski definition) is 1. The van der Waals surface area contributed by atoms with Gasteiger partial charge >= 0.3 is 29.6 Å². The van der Waals surface area contributed by atoms with Crippen molar-refractivity contribution < 1.29 is 44.3 Å². The molecule has 0 aliphatic rings. The van der Waals surface area contributed by atoms with Crippen LogP contribution in [-0.2, 0) is 9.59 Å². The van der Waals surface area contributed by atoms with E-state index in [4.69, 9.17) is 0 Å². The molecule has 0 aromatic carbocycles. The fraction of sp³-hybridized carbons (Fsp3) is 0.429. The van der Waals surface area contributed by atoms with Gasteiger partial charge < -0.3 is 15.2 Å². The monoisotopic (exact) mass is 179 g/mol. The van der Waals surface area contributed by atoms with Crippen molar-refractivity contribution in [2.75, 3.05) is 0 Å². The number of carbonyl (C=O) groups is 2. The molecule has 0 radical (unpaired) electrons. The standard InChI is InChI=1S/C7H11NO3.Na/c1-4(2)6(9)8-5(3)7(10)11;/h5H,1H2,2-3H3,(H,8,9)(H,10,11);/q;+1/p-1/t5-;/m0./s1. The van der Waals surface area contributed by atoms with Crippen molar-refractivity contribution in [2.24, 2.45) is 0 Å². The first-order chi connectivity index (χ1) is 4.95. The predicted molar refractivity (Wildman–Crippen MR) is 37.4 cm³/mol. The second-order valence-electron chi connectivity index (χ2n) is 2.29. The average Bonchev–Trinajstić information content (AvgIpc) is 1.87. The quantitative estimate of drug-likeness (QED) is 0.353. The molecule has 0 rings (SSSR count). The van der Waals surface area contributed by atoms with Gasteiger partial charge in [0.15, 0.2) is 0 Å². The van der Waals surface area contributed by atoms with Crippen molar-refractivity contribution in [1.82, 2.24) is 5.32 Å². The second-order valence-corrected chi connectivity index (χ2v) is 2.29. The zero-order valence-corrected chi connectivity index (χ0v) is 9.51. The number of carboxylic acid groups (broad SMARTS) is 1. The van der Waals surface area contributed by atoms with Crippen LogP contribution in [0.5, 0.6) is 0 Å². The van der Waals surface area contributed by atoms with Crippen molar-refractivity contribution in [3.05, 3.63) is 12.2 Å². The molecule has 0 bridgehead atoms. The molecule has 0 aliphatic heterocycles. The molecule has 0 aromatic heterocycles. The summed E-state index contributed by atoms with van der Waals surface area (Å²) < 4.78 is 0. The molecule has 4 nitrogen and oxygen atoms in total. The molecule has 0 aliphatic carbocycles. The van der Waals surface area contributed by atoms with Gasteiger partial charge in [-0.05, 0) is 13.8 Å². The minimum Gasteiger partial charge on any atom is -0.548 e. The Kier molecular flexibility index (Phi) is 7.37. The maximum atomic E-state index is 10.8. The normalized spacial score (nSPS) is 10.8. The Morgan fingerprint density at radius 3 is 2.17 bits per heavy atom. The van der Waals surface area contributed by atoms with Crippen LogP contribution >= 0.6 is 0 Å². The smallest absolute Gasteiger partial charge is 0.548 e. The molecule has 0 spiro atoms. The summed E-state index contributed by atoms with van der Waals surface area (Å²) in [6.07, 6.45) is 0. The van der Waals surface area contributed by atoms with Crippen molar-refractivity contribution >= 4 is 11.9 Å². The van der Waals surface area contributed by atoms with Crippen molar-refractivity contribution in [3.8, 4) is 0 Å². The van der Waals surface area contributed by atoms with Crippen LogP contribution in [-0.4, -0.2) is 17.9 Å². The largest absolute Gasteiger partial charge is 1.00 e. The summed E-state index contributed by atoms with van der Waals surface area (Å²) >= 11 is 0. The van der Waals surface area contributed by atoms with Gasteiger partial charge in [0.25, 0.3) is 0 Å². The van der Waals surface area contributed by atoms with E-state index in [1.807, 2.05) is 0 Å². The van der Waals surface area contributed by atoms with E-state index in [1.54, 1.807) is 0 Å². The van der Waals surface area contributed by atoms with E-state index >= 15 is 0 Å². The summed E-state index contributed by atoms with van der Waals surface area (Å²) in [6, 6.07) is -0.973. The Hall–Kier alpha value is -0.320. The molecule has 1 amide bonds. The molecule has 12 heavy (non-hydrogen) atoms. The molecule has 62 valence electrons.